The molecular formula is C15H20N2O. The third-order valence-electron chi connectivity index (χ3n) is 3.01. The van der Waals surface area contributed by atoms with E-state index in [0.29, 0.717) is 0 Å². The molecule has 0 saturated heterocycles. The average molecular weight is 244 g/mol. The van der Waals surface area contributed by atoms with Crippen LogP contribution in [0.1, 0.15) is 18.2 Å². The van der Waals surface area contributed by atoms with Crippen molar-refractivity contribution in [3.05, 3.63) is 54.0 Å². The number of nitrogens with zero attached hydrogens (tertiary/aromatic N) is 1. The van der Waals surface area contributed by atoms with Gasteiger partial charge in [0, 0.05) is 18.8 Å². The van der Waals surface area contributed by atoms with E-state index >= 15 is 0 Å². The van der Waals surface area contributed by atoms with Crippen LogP contribution in [-0.4, -0.2) is 13.6 Å². The van der Waals surface area contributed by atoms with Crippen molar-refractivity contribution in [2.45, 2.75) is 20.0 Å². The first-order valence-electron chi connectivity index (χ1n) is 6.35. The number of anilines is 1. The fourth-order valence-electron chi connectivity index (χ4n) is 2.12. The Morgan fingerprint density at radius 2 is 2.00 bits per heavy atom. The van der Waals surface area contributed by atoms with Gasteiger partial charge in [-0.2, -0.15) is 0 Å². The van der Waals surface area contributed by atoms with Crippen molar-refractivity contribution in [1.29, 1.82) is 0 Å². The molecule has 3 heteroatoms. The summed E-state index contributed by atoms with van der Waals surface area (Å²) in [6, 6.07) is 12.4. The Kier molecular flexibility index (Phi) is 4.42. The number of benzene rings is 1. The van der Waals surface area contributed by atoms with E-state index in [1.807, 2.05) is 19.2 Å². The van der Waals surface area contributed by atoms with E-state index in [1.165, 1.54) is 11.3 Å². The van der Waals surface area contributed by atoms with Crippen molar-refractivity contribution >= 4 is 5.69 Å². The summed E-state index contributed by atoms with van der Waals surface area (Å²) in [7, 11) is 1.97. The molecule has 0 aliphatic heterocycles. The van der Waals surface area contributed by atoms with E-state index in [1.54, 1.807) is 6.26 Å². The molecule has 0 fully saturated rings. The van der Waals surface area contributed by atoms with Crippen LogP contribution in [0.2, 0.25) is 0 Å². The lowest BCUT2D eigenvalue weighted by molar-refractivity contribution is 0.503. The van der Waals surface area contributed by atoms with Gasteiger partial charge in [-0.25, -0.2) is 0 Å². The van der Waals surface area contributed by atoms with Gasteiger partial charge in [0.2, 0.25) is 0 Å². The highest BCUT2D eigenvalue weighted by atomic mass is 16.3. The summed E-state index contributed by atoms with van der Waals surface area (Å²) in [4.78, 5) is 2.32. The molecule has 0 amide bonds. The Labute approximate surface area is 108 Å². The quantitative estimate of drug-likeness (QED) is 0.846. The number of hydrogen-bond acceptors (Lipinski definition) is 3. The Balaban J connectivity index is 2.21. The largest absolute Gasteiger partial charge is 0.467 e. The van der Waals surface area contributed by atoms with Gasteiger partial charge in [0.25, 0.3) is 0 Å². The molecule has 0 aliphatic rings. The van der Waals surface area contributed by atoms with Gasteiger partial charge in [-0.05, 0) is 37.7 Å². The van der Waals surface area contributed by atoms with Gasteiger partial charge >= 0.3 is 0 Å². The zero-order chi connectivity index (χ0) is 12.8. The fourth-order valence-corrected chi connectivity index (χ4v) is 2.12. The van der Waals surface area contributed by atoms with Crippen LogP contribution in [0.15, 0.2) is 47.1 Å². The van der Waals surface area contributed by atoms with Crippen LogP contribution in [-0.2, 0) is 13.1 Å². The molecule has 1 heterocycles. The minimum absolute atomic E-state index is 0.810. The molecule has 2 rings (SSSR count). The lowest BCUT2D eigenvalue weighted by Crippen LogP contribution is -2.24. The Morgan fingerprint density at radius 1 is 1.17 bits per heavy atom. The zero-order valence-corrected chi connectivity index (χ0v) is 11.0. The van der Waals surface area contributed by atoms with Gasteiger partial charge in [0.15, 0.2) is 0 Å². The summed E-state index contributed by atoms with van der Waals surface area (Å²) in [5, 5.41) is 3.21. The smallest absolute Gasteiger partial charge is 0.123 e. The molecule has 2 aromatic rings. The third-order valence-corrected chi connectivity index (χ3v) is 3.01. The SMILES string of the molecule is CCN(Cc1ccco1)c1ccccc1CNC. The predicted octanol–water partition coefficient (Wildman–Crippen LogP) is 3.03. The topological polar surface area (TPSA) is 28.4 Å². The maximum atomic E-state index is 5.43. The number of furan rings is 1. The first kappa shape index (κ1) is 12.7. The van der Waals surface area contributed by atoms with E-state index in [4.69, 9.17) is 4.42 Å². The molecule has 1 aromatic carbocycles. The summed E-state index contributed by atoms with van der Waals surface area (Å²) in [5.41, 5.74) is 2.58. The molecule has 0 saturated carbocycles. The summed E-state index contributed by atoms with van der Waals surface area (Å²) >= 11 is 0. The molecule has 3 nitrogen and oxygen atoms in total. The molecule has 96 valence electrons. The fraction of sp³-hybridized carbons (Fsp3) is 0.333. The number of para-hydroxylation sites is 1. The third kappa shape index (κ3) is 2.93. The molecular weight excluding hydrogens is 224 g/mol. The highest BCUT2D eigenvalue weighted by molar-refractivity contribution is 5.53. The van der Waals surface area contributed by atoms with Crippen molar-refractivity contribution in [2.24, 2.45) is 0 Å². The minimum Gasteiger partial charge on any atom is -0.467 e. The second kappa shape index (κ2) is 6.26. The van der Waals surface area contributed by atoms with Gasteiger partial charge in [-0.3, -0.25) is 0 Å². The normalized spacial score (nSPS) is 10.6. The Bertz CT molecular complexity index is 465. The van der Waals surface area contributed by atoms with Gasteiger partial charge < -0.3 is 14.6 Å². The van der Waals surface area contributed by atoms with Crippen LogP contribution in [0.5, 0.6) is 0 Å². The minimum atomic E-state index is 0.810. The predicted molar refractivity (Wildman–Crippen MR) is 74.6 cm³/mol. The monoisotopic (exact) mass is 244 g/mol. The Morgan fingerprint density at radius 3 is 2.67 bits per heavy atom. The molecule has 1 N–H and O–H groups in total. The average Bonchev–Trinajstić information content (AvgIpc) is 2.90. The number of nitrogens with one attached hydrogen (secondary N) is 1. The van der Waals surface area contributed by atoms with Crippen LogP contribution >= 0.6 is 0 Å². The first-order valence-corrected chi connectivity index (χ1v) is 6.35. The van der Waals surface area contributed by atoms with Gasteiger partial charge in [0.05, 0.1) is 12.8 Å². The molecule has 0 unspecified atom stereocenters. The van der Waals surface area contributed by atoms with E-state index < -0.39 is 0 Å². The second-order valence-corrected chi connectivity index (χ2v) is 4.25. The standard InChI is InChI=1S/C15H20N2O/c1-3-17(12-14-8-6-10-18-14)15-9-5-4-7-13(15)11-16-2/h4-10,16H,3,11-12H2,1-2H3. The maximum Gasteiger partial charge on any atom is 0.123 e. The molecule has 0 radical (unpaired) electrons. The highest BCUT2D eigenvalue weighted by Crippen LogP contribution is 2.22. The van der Waals surface area contributed by atoms with E-state index in [9.17, 15) is 0 Å². The number of rotatable bonds is 6. The molecule has 1 aromatic heterocycles. The first-order chi connectivity index (χ1) is 8.85. The summed E-state index contributed by atoms with van der Waals surface area (Å²) in [5.74, 6) is 0.996. The summed E-state index contributed by atoms with van der Waals surface area (Å²) < 4.78 is 5.43. The molecule has 18 heavy (non-hydrogen) atoms. The zero-order valence-electron chi connectivity index (χ0n) is 11.0. The van der Waals surface area contributed by atoms with Crippen molar-refractivity contribution < 1.29 is 4.42 Å². The molecule has 0 atom stereocenters. The molecule has 0 bridgehead atoms. The van der Waals surface area contributed by atoms with E-state index in [2.05, 4.69) is 41.4 Å². The van der Waals surface area contributed by atoms with E-state index in [-0.39, 0.29) is 0 Å². The van der Waals surface area contributed by atoms with Crippen LogP contribution in [0.3, 0.4) is 0 Å². The molecule has 0 aliphatic carbocycles. The van der Waals surface area contributed by atoms with Crippen LogP contribution in [0.4, 0.5) is 5.69 Å². The van der Waals surface area contributed by atoms with Crippen LogP contribution in [0.25, 0.3) is 0 Å². The van der Waals surface area contributed by atoms with E-state index in [0.717, 1.165) is 25.4 Å². The van der Waals surface area contributed by atoms with Crippen molar-refractivity contribution in [1.82, 2.24) is 5.32 Å². The molecule has 0 spiro atoms. The van der Waals surface area contributed by atoms with Crippen LogP contribution < -0.4 is 10.2 Å². The second-order valence-electron chi connectivity index (χ2n) is 4.25. The Hall–Kier alpha value is -1.74. The van der Waals surface area contributed by atoms with Crippen molar-refractivity contribution in [3.63, 3.8) is 0 Å². The van der Waals surface area contributed by atoms with Gasteiger partial charge in [-0.1, -0.05) is 18.2 Å². The van der Waals surface area contributed by atoms with Gasteiger partial charge in [0.1, 0.15) is 5.76 Å². The van der Waals surface area contributed by atoms with Crippen molar-refractivity contribution in [3.8, 4) is 0 Å². The van der Waals surface area contributed by atoms with Gasteiger partial charge in [-0.15, -0.1) is 0 Å². The van der Waals surface area contributed by atoms with Crippen LogP contribution in [0, 0.1) is 0 Å². The van der Waals surface area contributed by atoms with Crippen molar-refractivity contribution in [2.75, 3.05) is 18.5 Å². The highest BCUT2D eigenvalue weighted by Gasteiger charge is 2.10. The number of hydrogen-bond donors (Lipinski definition) is 1. The summed E-state index contributed by atoms with van der Waals surface area (Å²) in [6.45, 7) is 4.82. The lowest BCUT2D eigenvalue weighted by Gasteiger charge is -2.24. The maximum absolute atomic E-state index is 5.43. The lowest BCUT2D eigenvalue weighted by atomic mass is 10.1. The summed E-state index contributed by atoms with van der Waals surface area (Å²) in [6.07, 6.45) is 1.72.